The second kappa shape index (κ2) is 17.0. The zero-order chi connectivity index (χ0) is 36.3. The van der Waals surface area contributed by atoms with Crippen molar-refractivity contribution >= 4 is 47.0 Å². The van der Waals surface area contributed by atoms with Gasteiger partial charge in [-0.25, -0.2) is 5.48 Å². The molecule has 15 nitrogen and oxygen atoms in total. The Morgan fingerprint density at radius 1 is 0.824 bits per heavy atom. The first-order chi connectivity index (χ1) is 24.7. The summed E-state index contributed by atoms with van der Waals surface area (Å²) < 4.78 is 5.58. The van der Waals surface area contributed by atoms with E-state index in [4.69, 9.17) is 9.94 Å². The number of hydroxylamine groups is 1. The molecule has 5 rings (SSSR count). The molecule has 0 radical (unpaired) electrons. The molecule has 1 atom stereocenters. The summed E-state index contributed by atoms with van der Waals surface area (Å²) in [4.78, 5) is 87.2. The van der Waals surface area contributed by atoms with Crippen LogP contribution < -0.4 is 31.5 Å². The fourth-order valence-electron chi connectivity index (χ4n) is 5.78. The number of hydrogen-bond acceptors (Lipinski definition) is 10. The van der Waals surface area contributed by atoms with E-state index in [1.54, 1.807) is 42.5 Å². The predicted molar refractivity (Wildman–Crippen MR) is 182 cm³/mol. The molecule has 3 aromatic rings. The van der Waals surface area contributed by atoms with Gasteiger partial charge in [0.1, 0.15) is 11.8 Å². The lowest BCUT2D eigenvalue weighted by Gasteiger charge is -2.27. The van der Waals surface area contributed by atoms with Crippen molar-refractivity contribution in [2.45, 2.75) is 44.6 Å². The van der Waals surface area contributed by atoms with Crippen molar-refractivity contribution in [1.82, 2.24) is 26.3 Å². The standard InChI is InChI=1S/C36H38N6O9/c43-29-15-14-28(34(47)40-29)42-35(48)26-8-5-9-27(31(26)36(42)49)37-17-2-1-3-18-38-30(44)21-51-25-12-10-22(11-13-25)16-19-39-32(45)23-6-4-7-24(20-23)33(46)41-50/h4-13,20,28,37,50H,1-3,14-19,21H2,(H,38,44)(H,39,45)(H,41,46)(H,40,43,47). The van der Waals surface area contributed by atoms with Crippen LogP contribution in [0.4, 0.5) is 5.69 Å². The van der Waals surface area contributed by atoms with Crippen LogP contribution in [0.2, 0.25) is 0 Å². The molecule has 2 aliphatic heterocycles. The maximum atomic E-state index is 13.2. The zero-order valence-corrected chi connectivity index (χ0v) is 27.7. The number of fused-ring (bicyclic) bond motifs is 1. The Labute approximate surface area is 293 Å². The van der Waals surface area contributed by atoms with Crippen molar-refractivity contribution in [2.24, 2.45) is 0 Å². The van der Waals surface area contributed by atoms with Crippen LogP contribution in [0, 0.1) is 0 Å². The molecule has 1 saturated heterocycles. The quantitative estimate of drug-likeness (QED) is 0.0554. The average molecular weight is 699 g/mol. The van der Waals surface area contributed by atoms with Gasteiger partial charge in [0.2, 0.25) is 11.8 Å². The molecule has 2 aliphatic rings. The summed E-state index contributed by atoms with van der Waals surface area (Å²) in [5, 5.41) is 19.8. The molecular weight excluding hydrogens is 660 g/mol. The van der Waals surface area contributed by atoms with E-state index in [0.717, 1.165) is 29.7 Å². The van der Waals surface area contributed by atoms with Crippen molar-refractivity contribution in [1.29, 1.82) is 0 Å². The molecule has 0 aliphatic carbocycles. The molecule has 0 spiro atoms. The minimum atomic E-state index is -1.02. The summed E-state index contributed by atoms with van der Waals surface area (Å²) in [5.74, 6) is -2.99. The number of ether oxygens (including phenoxy) is 1. The SMILES string of the molecule is O=C(COc1ccc(CCNC(=O)c2cccc(C(=O)NO)c2)cc1)NCCCCCNc1cccc2c1C(=O)N(C1CCC(=O)NC1=O)C2=O. The van der Waals surface area contributed by atoms with Crippen LogP contribution in [0.3, 0.4) is 0 Å². The number of carbonyl (C=O) groups excluding carboxylic acids is 7. The van der Waals surface area contributed by atoms with Gasteiger partial charge in [0, 0.05) is 42.9 Å². The number of benzene rings is 3. The van der Waals surface area contributed by atoms with Crippen molar-refractivity contribution in [3.05, 3.63) is 94.5 Å². The van der Waals surface area contributed by atoms with Gasteiger partial charge in [0.05, 0.1) is 11.1 Å². The predicted octanol–water partition coefficient (Wildman–Crippen LogP) is 1.96. The summed E-state index contributed by atoms with van der Waals surface area (Å²) in [5.41, 5.74) is 3.87. The van der Waals surface area contributed by atoms with Gasteiger partial charge in [-0.1, -0.05) is 24.3 Å². The molecule has 15 heteroatoms. The van der Waals surface area contributed by atoms with Gasteiger partial charge in [-0.3, -0.25) is 49.0 Å². The third-order valence-corrected chi connectivity index (χ3v) is 8.44. The Hall–Kier alpha value is -6.09. The number of amides is 7. The van der Waals surface area contributed by atoms with Gasteiger partial charge in [0.15, 0.2) is 6.61 Å². The third-order valence-electron chi connectivity index (χ3n) is 8.44. The van der Waals surface area contributed by atoms with Crippen LogP contribution in [0.15, 0.2) is 66.7 Å². The number of hydrogen-bond donors (Lipinski definition) is 6. The fourth-order valence-corrected chi connectivity index (χ4v) is 5.78. The first-order valence-corrected chi connectivity index (χ1v) is 16.6. The summed E-state index contributed by atoms with van der Waals surface area (Å²) >= 11 is 0. The van der Waals surface area contributed by atoms with E-state index in [9.17, 15) is 33.6 Å². The van der Waals surface area contributed by atoms with Crippen molar-refractivity contribution in [2.75, 3.05) is 31.6 Å². The zero-order valence-electron chi connectivity index (χ0n) is 27.7. The number of nitrogens with one attached hydrogen (secondary N) is 5. The molecule has 51 heavy (non-hydrogen) atoms. The highest BCUT2D eigenvalue weighted by atomic mass is 16.5. The summed E-state index contributed by atoms with van der Waals surface area (Å²) in [6.45, 7) is 1.19. The molecule has 2 heterocycles. The molecule has 0 bridgehead atoms. The Bertz CT molecular complexity index is 1830. The van der Waals surface area contributed by atoms with Crippen molar-refractivity contribution in [3.63, 3.8) is 0 Å². The van der Waals surface area contributed by atoms with E-state index in [1.807, 2.05) is 12.1 Å². The molecule has 3 aromatic carbocycles. The Balaban J connectivity index is 0.950. The molecule has 0 aromatic heterocycles. The van der Waals surface area contributed by atoms with Gasteiger partial charge in [-0.15, -0.1) is 0 Å². The molecular formula is C36H38N6O9. The number of nitrogens with zero attached hydrogens (tertiary/aromatic N) is 1. The smallest absolute Gasteiger partial charge is 0.274 e. The second-order valence-electron chi connectivity index (χ2n) is 12.0. The molecule has 7 amide bonds. The number of imide groups is 2. The summed E-state index contributed by atoms with van der Waals surface area (Å²) in [6, 6.07) is 17.1. The highest BCUT2D eigenvalue weighted by molar-refractivity contribution is 6.25. The van der Waals surface area contributed by atoms with Gasteiger partial charge < -0.3 is 20.7 Å². The maximum Gasteiger partial charge on any atom is 0.274 e. The van der Waals surface area contributed by atoms with Crippen LogP contribution in [-0.4, -0.2) is 83.7 Å². The van der Waals surface area contributed by atoms with Crippen LogP contribution in [0.1, 0.15) is 79.1 Å². The highest BCUT2D eigenvalue weighted by Gasteiger charge is 2.45. The largest absolute Gasteiger partial charge is 0.484 e. The van der Waals surface area contributed by atoms with E-state index in [1.165, 1.54) is 17.6 Å². The molecule has 266 valence electrons. The van der Waals surface area contributed by atoms with Gasteiger partial charge >= 0.3 is 0 Å². The minimum Gasteiger partial charge on any atom is -0.484 e. The van der Waals surface area contributed by atoms with Crippen molar-refractivity contribution in [3.8, 4) is 5.75 Å². The topological polar surface area (TPSA) is 212 Å². The maximum absolute atomic E-state index is 13.2. The summed E-state index contributed by atoms with van der Waals surface area (Å²) in [7, 11) is 0. The fraction of sp³-hybridized carbons (Fsp3) is 0.306. The number of anilines is 1. The molecule has 0 saturated carbocycles. The van der Waals surface area contributed by atoms with E-state index >= 15 is 0 Å². The van der Waals surface area contributed by atoms with Crippen LogP contribution in [0.25, 0.3) is 0 Å². The number of unbranched alkanes of at least 4 members (excludes halogenated alkanes) is 2. The van der Waals surface area contributed by atoms with Crippen LogP contribution in [-0.2, 0) is 20.8 Å². The third kappa shape index (κ3) is 9.13. The van der Waals surface area contributed by atoms with E-state index in [0.29, 0.717) is 43.1 Å². The minimum absolute atomic E-state index is 0.0542. The molecule has 6 N–H and O–H groups in total. The Morgan fingerprint density at radius 3 is 2.29 bits per heavy atom. The monoisotopic (exact) mass is 698 g/mol. The number of piperidine rings is 1. The van der Waals surface area contributed by atoms with E-state index < -0.39 is 35.6 Å². The lowest BCUT2D eigenvalue weighted by atomic mass is 10.0. The second-order valence-corrected chi connectivity index (χ2v) is 12.0. The van der Waals surface area contributed by atoms with Crippen molar-refractivity contribution < 1.29 is 43.5 Å². The van der Waals surface area contributed by atoms with Gasteiger partial charge in [-0.2, -0.15) is 0 Å². The molecule has 1 fully saturated rings. The van der Waals surface area contributed by atoms with E-state index in [2.05, 4.69) is 21.3 Å². The Kier molecular flexibility index (Phi) is 12.1. The number of carbonyl (C=O) groups is 7. The first-order valence-electron chi connectivity index (χ1n) is 16.6. The van der Waals surface area contributed by atoms with E-state index in [-0.39, 0.29) is 48.0 Å². The van der Waals surface area contributed by atoms with Crippen LogP contribution in [0.5, 0.6) is 5.75 Å². The van der Waals surface area contributed by atoms with Gasteiger partial charge in [-0.05, 0) is 80.1 Å². The lowest BCUT2D eigenvalue weighted by Crippen LogP contribution is -2.54. The van der Waals surface area contributed by atoms with Crippen LogP contribution >= 0.6 is 0 Å². The normalized spacial score (nSPS) is 15.2. The Morgan fingerprint density at radius 2 is 1.55 bits per heavy atom. The summed E-state index contributed by atoms with van der Waals surface area (Å²) in [6.07, 6.45) is 2.94. The highest BCUT2D eigenvalue weighted by Crippen LogP contribution is 2.32. The average Bonchev–Trinajstić information content (AvgIpc) is 3.39. The number of rotatable bonds is 16. The lowest BCUT2D eigenvalue weighted by molar-refractivity contribution is -0.136. The first kappa shape index (κ1) is 36.2. The molecule has 1 unspecified atom stereocenters. The van der Waals surface area contributed by atoms with Gasteiger partial charge in [0.25, 0.3) is 29.5 Å².